The third kappa shape index (κ3) is 3.72. The van der Waals surface area contributed by atoms with Crippen molar-refractivity contribution in [2.75, 3.05) is 13.7 Å². The van der Waals surface area contributed by atoms with E-state index in [2.05, 4.69) is 9.82 Å². The van der Waals surface area contributed by atoms with Crippen molar-refractivity contribution in [1.29, 1.82) is 0 Å². The number of quaternary nitrogens is 1. The van der Waals surface area contributed by atoms with Crippen LogP contribution >= 0.6 is 0 Å². The Kier molecular flexibility index (Phi) is 4.32. The van der Waals surface area contributed by atoms with Crippen LogP contribution in [-0.4, -0.2) is 25.1 Å². The quantitative estimate of drug-likeness (QED) is 0.588. The molecule has 4 nitrogen and oxygen atoms in total. The van der Waals surface area contributed by atoms with Crippen molar-refractivity contribution in [3.8, 4) is 5.75 Å². The monoisotopic (exact) mass is 223 g/mol. The fourth-order valence-electron chi connectivity index (χ4n) is 0.917. The van der Waals surface area contributed by atoms with E-state index in [0.717, 1.165) is 12.3 Å². The van der Waals surface area contributed by atoms with E-state index < -0.39 is 19.0 Å². The van der Waals surface area contributed by atoms with Crippen LogP contribution in [0.4, 0.5) is 18.9 Å². The first-order chi connectivity index (χ1) is 7.13. The molecule has 2 N–H and O–H groups in total. The Hall–Kier alpha value is -1.34. The highest BCUT2D eigenvalue weighted by Crippen LogP contribution is 2.19. The van der Waals surface area contributed by atoms with Gasteiger partial charge in [0.25, 0.3) is 6.43 Å². The minimum Gasteiger partial charge on any atom is -0.481 e. The highest BCUT2D eigenvalue weighted by atomic mass is 19.3. The molecule has 0 aliphatic heterocycles. The van der Waals surface area contributed by atoms with Gasteiger partial charge in [-0.05, 0) is 0 Å². The minimum atomic E-state index is -2.61. The number of ether oxygens (including phenoxy) is 1. The van der Waals surface area contributed by atoms with Crippen molar-refractivity contribution < 1.29 is 28.2 Å². The van der Waals surface area contributed by atoms with Crippen molar-refractivity contribution >= 4 is 5.69 Å². The van der Waals surface area contributed by atoms with Gasteiger partial charge in [-0.3, -0.25) is 0 Å². The zero-order valence-corrected chi connectivity index (χ0v) is 7.91. The Labute approximate surface area is 84.0 Å². The zero-order chi connectivity index (χ0) is 11.3. The molecule has 1 aromatic heterocycles. The Morgan fingerprint density at radius 1 is 1.53 bits per heavy atom. The normalized spacial score (nSPS) is 10.7. The van der Waals surface area contributed by atoms with Gasteiger partial charge in [-0.2, -0.15) is 9.87 Å². The Balaban J connectivity index is 2.77. The second-order valence-corrected chi connectivity index (χ2v) is 2.60. The van der Waals surface area contributed by atoms with Crippen molar-refractivity contribution in [1.82, 2.24) is 4.98 Å². The molecule has 0 amide bonds. The predicted molar refractivity (Wildman–Crippen MR) is 44.3 cm³/mol. The van der Waals surface area contributed by atoms with E-state index in [1.807, 2.05) is 0 Å². The van der Waals surface area contributed by atoms with Gasteiger partial charge >= 0.3 is 0 Å². The van der Waals surface area contributed by atoms with E-state index in [1.54, 1.807) is 0 Å². The topological polar surface area (TPSA) is 48.0 Å². The first-order valence-electron chi connectivity index (χ1n) is 4.06. The maximum absolute atomic E-state index is 12.7. The summed E-state index contributed by atoms with van der Waals surface area (Å²) in [5, 5.41) is 0. The summed E-state index contributed by atoms with van der Waals surface area (Å²) in [6.45, 7) is -0.798. The van der Waals surface area contributed by atoms with Gasteiger partial charge in [-0.15, -0.1) is 0 Å². The number of rotatable bonds is 5. The summed E-state index contributed by atoms with van der Waals surface area (Å²) < 4.78 is 41.1. The molecule has 0 saturated heterocycles. The third-order valence-electron chi connectivity index (χ3n) is 1.47. The highest BCUT2D eigenvalue weighted by molar-refractivity contribution is 5.42. The van der Waals surface area contributed by atoms with Crippen LogP contribution in [0.3, 0.4) is 0 Å². The van der Waals surface area contributed by atoms with Crippen molar-refractivity contribution in [2.24, 2.45) is 0 Å². The molecule has 1 heterocycles. The SMILES string of the molecule is CO[NH2+]c1cnc(F)cc1OCC(F)F. The first-order valence-corrected chi connectivity index (χ1v) is 4.06. The first kappa shape index (κ1) is 11.7. The van der Waals surface area contributed by atoms with Crippen LogP contribution in [0.1, 0.15) is 0 Å². The third-order valence-corrected chi connectivity index (χ3v) is 1.47. The van der Waals surface area contributed by atoms with Gasteiger partial charge in [-0.1, -0.05) is 0 Å². The summed E-state index contributed by atoms with van der Waals surface area (Å²) in [5.74, 6) is -0.822. The molecule has 84 valence electrons. The van der Waals surface area contributed by atoms with E-state index in [4.69, 9.17) is 4.74 Å². The molecule has 0 bridgehead atoms. The van der Waals surface area contributed by atoms with Crippen LogP contribution in [0, 0.1) is 5.95 Å². The van der Waals surface area contributed by atoms with Gasteiger partial charge in [0, 0.05) is 6.07 Å². The lowest BCUT2D eigenvalue weighted by molar-refractivity contribution is -0.830. The van der Waals surface area contributed by atoms with Gasteiger partial charge < -0.3 is 4.74 Å². The standard InChI is InChI=1S/C8H9F3N2O2/c1-14-13-5-3-12-8(11)2-6(5)15-4-7(9)10/h2-3,7,13H,4H2,1H3/p+1. The van der Waals surface area contributed by atoms with Crippen molar-refractivity contribution in [3.05, 3.63) is 18.2 Å². The highest BCUT2D eigenvalue weighted by Gasteiger charge is 2.13. The number of alkyl halides is 2. The number of aromatic nitrogens is 1. The molecule has 0 radical (unpaired) electrons. The number of nitrogens with two attached hydrogens (primary N) is 1. The van der Waals surface area contributed by atoms with Crippen LogP contribution in [0.2, 0.25) is 0 Å². The summed E-state index contributed by atoms with van der Waals surface area (Å²) in [6, 6.07) is 0.924. The molecule has 0 aromatic carbocycles. The van der Waals surface area contributed by atoms with Crippen LogP contribution in [0.15, 0.2) is 12.3 Å². The summed E-state index contributed by atoms with van der Waals surface area (Å²) in [5.41, 5.74) is 1.53. The van der Waals surface area contributed by atoms with Crippen molar-refractivity contribution in [2.45, 2.75) is 6.43 Å². The largest absolute Gasteiger partial charge is 0.481 e. The maximum Gasteiger partial charge on any atom is 0.272 e. The Morgan fingerprint density at radius 2 is 2.27 bits per heavy atom. The number of nitrogens with zero attached hydrogens (tertiary/aromatic N) is 1. The Morgan fingerprint density at radius 3 is 2.87 bits per heavy atom. The number of pyridine rings is 1. The average molecular weight is 223 g/mol. The molecule has 0 spiro atoms. The van der Waals surface area contributed by atoms with E-state index in [1.165, 1.54) is 12.6 Å². The van der Waals surface area contributed by atoms with E-state index in [0.29, 0.717) is 5.69 Å². The zero-order valence-electron chi connectivity index (χ0n) is 7.91. The predicted octanol–water partition coefficient (Wildman–Crippen LogP) is 0.621. The summed E-state index contributed by atoms with van der Waals surface area (Å²) in [6.07, 6.45) is -1.48. The van der Waals surface area contributed by atoms with E-state index in [-0.39, 0.29) is 5.75 Å². The molecule has 7 heteroatoms. The summed E-state index contributed by atoms with van der Waals surface area (Å²) >= 11 is 0. The molecule has 1 aromatic rings. The smallest absolute Gasteiger partial charge is 0.272 e. The lowest BCUT2D eigenvalue weighted by Crippen LogP contribution is -2.76. The second kappa shape index (κ2) is 5.52. The maximum atomic E-state index is 12.7. The molecular weight excluding hydrogens is 213 g/mol. The van der Waals surface area contributed by atoms with E-state index in [9.17, 15) is 13.2 Å². The van der Waals surface area contributed by atoms with Crippen molar-refractivity contribution in [3.63, 3.8) is 0 Å². The Bertz CT molecular complexity index is 323. The molecule has 0 aliphatic carbocycles. The van der Waals surface area contributed by atoms with Gasteiger partial charge in [0.15, 0.2) is 5.75 Å². The van der Waals surface area contributed by atoms with Crippen LogP contribution < -0.4 is 10.2 Å². The van der Waals surface area contributed by atoms with Crippen LogP contribution in [-0.2, 0) is 4.84 Å². The minimum absolute atomic E-state index is 0.0235. The molecule has 0 unspecified atom stereocenters. The molecule has 0 fully saturated rings. The second-order valence-electron chi connectivity index (χ2n) is 2.60. The number of hydrogen-bond acceptors (Lipinski definition) is 3. The van der Waals surface area contributed by atoms with E-state index >= 15 is 0 Å². The molecule has 1 rings (SSSR count). The van der Waals surface area contributed by atoms with Crippen LogP contribution in [0.5, 0.6) is 5.75 Å². The molecule has 15 heavy (non-hydrogen) atoms. The van der Waals surface area contributed by atoms with Gasteiger partial charge in [-0.25, -0.2) is 18.6 Å². The number of hydrogen-bond donors (Lipinski definition) is 1. The molecule has 0 atom stereocenters. The molecule has 0 aliphatic rings. The van der Waals surface area contributed by atoms with Crippen LogP contribution in [0.25, 0.3) is 0 Å². The molecular formula is C8H10F3N2O2+. The number of halogens is 3. The fraction of sp³-hybridized carbons (Fsp3) is 0.375. The lowest BCUT2D eigenvalue weighted by Gasteiger charge is -2.07. The average Bonchev–Trinajstić information content (AvgIpc) is 2.18. The summed E-state index contributed by atoms with van der Waals surface area (Å²) in [4.78, 5) is 8.00. The van der Waals surface area contributed by atoms with Gasteiger partial charge in [0.2, 0.25) is 11.6 Å². The van der Waals surface area contributed by atoms with Gasteiger partial charge in [0.05, 0.1) is 13.3 Å². The molecule has 0 saturated carbocycles. The lowest BCUT2D eigenvalue weighted by atomic mass is 10.4. The van der Waals surface area contributed by atoms with Gasteiger partial charge in [0.1, 0.15) is 6.61 Å². The fourth-order valence-corrected chi connectivity index (χ4v) is 0.917. The summed E-state index contributed by atoms with van der Waals surface area (Å²) in [7, 11) is 1.38.